The van der Waals surface area contributed by atoms with Crippen molar-refractivity contribution in [3.63, 3.8) is 0 Å². The normalized spacial score (nSPS) is 26.0. The third-order valence-corrected chi connectivity index (χ3v) is 5.36. The van der Waals surface area contributed by atoms with Crippen LogP contribution in [0.1, 0.15) is 19.3 Å². The molecule has 2 heterocycles. The summed E-state index contributed by atoms with van der Waals surface area (Å²) in [6.07, 6.45) is 4.35. The lowest BCUT2D eigenvalue weighted by Crippen LogP contribution is -2.37. The van der Waals surface area contributed by atoms with Crippen LogP contribution in [-0.2, 0) is 9.53 Å². The molecule has 126 valence electrons. The number of rotatable bonds is 2. The van der Waals surface area contributed by atoms with E-state index in [1.165, 1.54) is 7.11 Å². The van der Waals surface area contributed by atoms with Gasteiger partial charge in [-0.15, -0.1) is 0 Å². The first-order chi connectivity index (χ1) is 11.5. The summed E-state index contributed by atoms with van der Waals surface area (Å²) >= 11 is 0. The lowest BCUT2D eigenvalue weighted by atomic mass is 9.81. The number of benzene rings is 1. The Morgan fingerprint density at radius 2 is 2.08 bits per heavy atom. The van der Waals surface area contributed by atoms with Crippen LogP contribution >= 0.6 is 0 Å². The molecule has 2 atom stereocenters. The number of esters is 1. The summed E-state index contributed by atoms with van der Waals surface area (Å²) in [6, 6.07) is 2.09. The van der Waals surface area contributed by atoms with Crippen molar-refractivity contribution in [3.05, 3.63) is 30.0 Å². The van der Waals surface area contributed by atoms with E-state index in [0.717, 1.165) is 31.4 Å². The second-order valence-corrected chi connectivity index (χ2v) is 6.60. The molecule has 0 radical (unpaired) electrons. The fourth-order valence-corrected chi connectivity index (χ4v) is 4.15. The molecule has 1 saturated heterocycles. The van der Waals surface area contributed by atoms with E-state index in [9.17, 15) is 13.6 Å². The average Bonchev–Trinajstić information content (AvgIpc) is 3.13. The summed E-state index contributed by atoms with van der Waals surface area (Å²) in [4.78, 5) is 22.9. The molecule has 2 unspecified atom stereocenters. The molecule has 1 aliphatic heterocycles. The zero-order valence-electron chi connectivity index (χ0n) is 13.3. The van der Waals surface area contributed by atoms with Gasteiger partial charge in [-0.25, -0.2) is 13.8 Å². The van der Waals surface area contributed by atoms with Crippen LogP contribution in [0.4, 0.5) is 14.6 Å². The minimum atomic E-state index is -0.946. The van der Waals surface area contributed by atoms with Crippen LogP contribution in [0, 0.1) is 23.0 Å². The SMILES string of the molecule is COC(=O)C12CCCC1CN(c1cnc3cc(F)c(F)cc3n1)C2. The number of methoxy groups -OCH3 is 1. The minimum absolute atomic E-state index is 0.172. The van der Waals surface area contributed by atoms with Gasteiger partial charge in [-0.1, -0.05) is 6.42 Å². The summed E-state index contributed by atoms with van der Waals surface area (Å²) < 4.78 is 31.7. The number of aromatic nitrogens is 2. The molecule has 2 fully saturated rings. The zero-order valence-corrected chi connectivity index (χ0v) is 13.3. The van der Waals surface area contributed by atoms with Crippen molar-refractivity contribution in [1.82, 2.24) is 9.97 Å². The van der Waals surface area contributed by atoms with Crippen molar-refractivity contribution in [2.45, 2.75) is 19.3 Å². The van der Waals surface area contributed by atoms with Gasteiger partial charge in [0.2, 0.25) is 0 Å². The van der Waals surface area contributed by atoms with Crippen molar-refractivity contribution in [2.24, 2.45) is 11.3 Å². The van der Waals surface area contributed by atoms with Crippen LogP contribution < -0.4 is 4.90 Å². The molecule has 1 aromatic carbocycles. The first kappa shape index (κ1) is 15.2. The highest BCUT2D eigenvalue weighted by Crippen LogP contribution is 2.50. The second kappa shape index (κ2) is 5.36. The zero-order chi connectivity index (χ0) is 16.9. The number of hydrogen-bond acceptors (Lipinski definition) is 5. The predicted molar refractivity (Wildman–Crippen MR) is 83.5 cm³/mol. The molecular formula is C17H17F2N3O2. The molecule has 1 aliphatic carbocycles. The van der Waals surface area contributed by atoms with E-state index in [4.69, 9.17) is 4.74 Å². The van der Waals surface area contributed by atoms with Gasteiger partial charge < -0.3 is 9.64 Å². The van der Waals surface area contributed by atoms with Crippen LogP contribution in [-0.4, -0.2) is 36.1 Å². The van der Waals surface area contributed by atoms with E-state index < -0.39 is 17.0 Å². The van der Waals surface area contributed by atoms with E-state index in [1.807, 2.05) is 4.90 Å². The maximum absolute atomic E-state index is 13.4. The Hall–Kier alpha value is -2.31. The standard InChI is InChI=1S/C17H17F2N3O2/c1-24-16(23)17-4-2-3-10(17)8-22(9-17)15-7-20-13-5-11(18)12(19)6-14(13)21-15/h5-7,10H,2-4,8-9H2,1H3. The van der Waals surface area contributed by atoms with E-state index in [0.29, 0.717) is 29.9 Å². The van der Waals surface area contributed by atoms with Gasteiger partial charge in [0.05, 0.1) is 29.8 Å². The van der Waals surface area contributed by atoms with Crippen molar-refractivity contribution in [1.29, 1.82) is 0 Å². The molecule has 24 heavy (non-hydrogen) atoms. The lowest BCUT2D eigenvalue weighted by molar-refractivity contribution is -0.152. The van der Waals surface area contributed by atoms with Gasteiger partial charge in [0.25, 0.3) is 0 Å². The largest absolute Gasteiger partial charge is 0.469 e. The molecule has 7 heteroatoms. The first-order valence-electron chi connectivity index (χ1n) is 7.99. The maximum Gasteiger partial charge on any atom is 0.313 e. The van der Waals surface area contributed by atoms with Gasteiger partial charge >= 0.3 is 5.97 Å². The van der Waals surface area contributed by atoms with Gasteiger partial charge in [0.15, 0.2) is 11.6 Å². The number of ether oxygens (including phenoxy) is 1. The highest BCUT2D eigenvalue weighted by atomic mass is 19.2. The number of hydrogen-bond donors (Lipinski definition) is 0. The Labute approximate surface area is 137 Å². The molecule has 1 saturated carbocycles. The number of halogens is 2. The quantitative estimate of drug-likeness (QED) is 0.791. The molecular weight excluding hydrogens is 316 g/mol. The second-order valence-electron chi connectivity index (χ2n) is 6.60. The van der Waals surface area contributed by atoms with Gasteiger partial charge in [0, 0.05) is 25.2 Å². The number of anilines is 1. The molecule has 0 bridgehead atoms. The van der Waals surface area contributed by atoms with Crippen LogP contribution in [0.2, 0.25) is 0 Å². The lowest BCUT2D eigenvalue weighted by Gasteiger charge is -2.25. The van der Waals surface area contributed by atoms with E-state index in [2.05, 4.69) is 9.97 Å². The van der Waals surface area contributed by atoms with E-state index >= 15 is 0 Å². The molecule has 0 amide bonds. The Bertz CT molecular complexity index is 829. The third kappa shape index (κ3) is 2.14. The highest BCUT2D eigenvalue weighted by Gasteiger charge is 2.55. The van der Waals surface area contributed by atoms with Crippen molar-refractivity contribution >= 4 is 22.8 Å². The van der Waals surface area contributed by atoms with Gasteiger partial charge in [-0.3, -0.25) is 9.78 Å². The van der Waals surface area contributed by atoms with Crippen LogP contribution in [0.3, 0.4) is 0 Å². The van der Waals surface area contributed by atoms with Gasteiger partial charge in [-0.05, 0) is 18.8 Å². The van der Waals surface area contributed by atoms with E-state index in [1.54, 1.807) is 6.20 Å². The molecule has 4 rings (SSSR count). The molecule has 0 N–H and O–H groups in total. The topological polar surface area (TPSA) is 55.3 Å². The highest BCUT2D eigenvalue weighted by molar-refractivity contribution is 5.80. The molecule has 0 spiro atoms. The average molecular weight is 333 g/mol. The monoisotopic (exact) mass is 333 g/mol. The molecule has 2 aliphatic rings. The fraction of sp³-hybridized carbons (Fsp3) is 0.471. The fourth-order valence-electron chi connectivity index (χ4n) is 4.15. The van der Waals surface area contributed by atoms with Crippen LogP contribution in [0.15, 0.2) is 18.3 Å². The Kier molecular flexibility index (Phi) is 3.40. The number of fused-ring (bicyclic) bond motifs is 2. The summed E-state index contributed by atoms with van der Waals surface area (Å²) in [6.45, 7) is 1.22. The Balaban J connectivity index is 1.69. The van der Waals surface area contributed by atoms with Crippen molar-refractivity contribution in [2.75, 3.05) is 25.1 Å². The van der Waals surface area contributed by atoms with Gasteiger partial charge in [0.1, 0.15) is 5.82 Å². The minimum Gasteiger partial charge on any atom is -0.469 e. The number of nitrogens with zero attached hydrogens (tertiary/aromatic N) is 3. The van der Waals surface area contributed by atoms with Crippen LogP contribution in [0.25, 0.3) is 11.0 Å². The molecule has 1 aromatic heterocycles. The smallest absolute Gasteiger partial charge is 0.313 e. The Morgan fingerprint density at radius 1 is 1.33 bits per heavy atom. The molecule has 5 nitrogen and oxygen atoms in total. The summed E-state index contributed by atoms with van der Waals surface area (Å²) in [5, 5.41) is 0. The first-order valence-corrected chi connectivity index (χ1v) is 7.99. The summed E-state index contributed by atoms with van der Waals surface area (Å²) in [5.74, 6) is -1.25. The van der Waals surface area contributed by atoms with Crippen molar-refractivity contribution in [3.8, 4) is 0 Å². The van der Waals surface area contributed by atoms with Gasteiger partial charge in [-0.2, -0.15) is 0 Å². The van der Waals surface area contributed by atoms with E-state index in [-0.39, 0.29) is 11.9 Å². The van der Waals surface area contributed by atoms with Crippen molar-refractivity contribution < 1.29 is 18.3 Å². The Morgan fingerprint density at radius 3 is 2.83 bits per heavy atom. The number of carbonyl (C=O) groups is 1. The summed E-state index contributed by atoms with van der Waals surface area (Å²) in [5.41, 5.74) is 0.120. The predicted octanol–water partition coefficient (Wildman–Crippen LogP) is 2.69. The molecule has 2 aromatic rings. The summed E-state index contributed by atoms with van der Waals surface area (Å²) in [7, 11) is 1.42. The maximum atomic E-state index is 13.4. The third-order valence-electron chi connectivity index (χ3n) is 5.36. The number of carbonyl (C=O) groups excluding carboxylic acids is 1. The van der Waals surface area contributed by atoms with Crippen LogP contribution in [0.5, 0.6) is 0 Å².